The van der Waals surface area contributed by atoms with Crippen molar-refractivity contribution < 1.29 is 14.5 Å². The van der Waals surface area contributed by atoms with Gasteiger partial charge in [0.15, 0.2) is 5.65 Å². The van der Waals surface area contributed by atoms with Crippen LogP contribution in [0.4, 0.5) is 5.69 Å². The Balaban J connectivity index is 2.00. The minimum Gasteiger partial charge on any atom is -0.462 e. The summed E-state index contributed by atoms with van der Waals surface area (Å²) in [6.45, 7) is 1.96. The normalized spacial score (nSPS) is 10.8. The van der Waals surface area contributed by atoms with Crippen molar-refractivity contribution in [2.75, 3.05) is 6.61 Å². The molecule has 10 heteroatoms. The van der Waals surface area contributed by atoms with Gasteiger partial charge >= 0.3 is 11.7 Å². The lowest BCUT2D eigenvalue weighted by atomic mass is 10.3. The first-order valence-electron chi connectivity index (χ1n) is 6.30. The first-order chi connectivity index (χ1) is 10.6. The van der Waals surface area contributed by atoms with E-state index in [2.05, 4.69) is 15.2 Å². The quantitative estimate of drug-likeness (QED) is 0.400. The summed E-state index contributed by atoms with van der Waals surface area (Å²) in [7, 11) is 0. The van der Waals surface area contributed by atoms with E-state index in [9.17, 15) is 14.9 Å². The number of fused-ring (bicyclic) bond motifs is 1. The van der Waals surface area contributed by atoms with Crippen LogP contribution in [0.25, 0.3) is 11.3 Å². The Bertz CT molecular complexity index is 868. The smallest absolute Gasteiger partial charge is 0.343 e. The molecule has 0 aliphatic carbocycles. The van der Waals surface area contributed by atoms with E-state index in [1.807, 2.05) is 0 Å². The minimum absolute atomic E-state index is 0.132. The van der Waals surface area contributed by atoms with Crippen molar-refractivity contribution in [2.24, 2.45) is 0 Å². The molecule has 0 aliphatic heterocycles. The van der Waals surface area contributed by atoms with Gasteiger partial charge in [0.05, 0.1) is 30.1 Å². The van der Waals surface area contributed by atoms with Gasteiger partial charge in [0.25, 0.3) is 0 Å². The summed E-state index contributed by atoms with van der Waals surface area (Å²) >= 11 is 0. The highest BCUT2D eigenvalue weighted by atomic mass is 16.6. The Morgan fingerprint density at radius 2 is 2.14 bits per heavy atom. The number of rotatable bonds is 4. The SMILES string of the molecule is CCOC(=O)c1cnn2cc(-n3cc([N+](=O)[O-])cn3)cnc12. The first kappa shape index (κ1) is 13.7. The molecule has 0 saturated heterocycles. The van der Waals surface area contributed by atoms with Crippen LogP contribution in [0, 0.1) is 10.1 Å². The first-order valence-corrected chi connectivity index (χ1v) is 6.30. The molecule has 22 heavy (non-hydrogen) atoms. The zero-order valence-electron chi connectivity index (χ0n) is 11.4. The van der Waals surface area contributed by atoms with Crippen molar-refractivity contribution in [3.63, 3.8) is 0 Å². The Kier molecular flexibility index (Phi) is 3.26. The summed E-state index contributed by atoms with van der Waals surface area (Å²) in [5.41, 5.74) is 0.926. The van der Waals surface area contributed by atoms with E-state index >= 15 is 0 Å². The Labute approximate surface area is 123 Å². The molecule has 10 nitrogen and oxygen atoms in total. The average Bonchev–Trinajstić information content (AvgIpc) is 3.14. The molecule has 0 spiro atoms. The maximum Gasteiger partial charge on any atom is 0.343 e. The number of carbonyl (C=O) groups excluding carboxylic acids is 1. The van der Waals surface area contributed by atoms with Crippen LogP contribution in [0.1, 0.15) is 17.3 Å². The lowest BCUT2D eigenvalue weighted by Gasteiger charge is -2.02. The van der Waals surface area contributed by atoms with E-state index in [4.69, 9.17) is 4.74 Å². The van der Waals surface area contributed by atoms with Gasteiger partial charge in [0.1, 0.15) is 23.6 Å². The maximum absolute atomic E-state index is 11.7. The van der Waals surface area contributed by atoms with Crippen LogP contribution in [-0.2, 0) is 4.74 Å². The summed E-state index contributed by atoms with van der Waals surface area (Å²) in [5.74, 6) is -0.507. The molecule has 3 heterocycles. The number of nitro groups is 1. The summed E-state index contributed by atoms with van der Waals surface area (Å²) in [5, 5.41) is 18.6. The van der Waals surface area contributed by atoms with E-state index in [0.29, 0.717) is 11.3 Å². The molecular weight excluding hydrogens is 292 g/mol. The largest absolute Gasteiger partial charge is 0.462 e. The fourth-order valence-electron chi connectivity index (χ4n) is 1.88. The number of carbonyl (C=O) groups is 1. The molecule has 0 saturated carbocycles. The van der Waals surface area contributed by atoms with Gasteiger partial charge in [0.2, 0.25) is 0 Å². The van der Waals surface area contributed by atoms with Gasteiger partial charge in [-0.2, -0.15) is 10.2 Å². The fraction of sp³-hybridized carbons (Fsp3) is 0.167. The van der Waals surface area contributed by atoms with Gasteiger partial charge in [-0.15, -0.1) is 0 Å². The predicted molar refractivity (Wildman–Crippen MR) is 72.7 cm³/mol. The van der Waals surface area contributed by atoms with Crippen LogP contribution >= 0.6 is 0 Å². The van der Waals surface area contributed by atoms with Crippen LogP contribution in [0.3, 0.4) is 0 Å². The molecule has 0 bridgehead atoms. The zero-order valence-corrected chi connectivity index (χ0v) is 11.4. The van der Waals surface area contributed by atoms with E-state index < -0.39 is 10.9 Å². The summed E-state index contributed by atoms with van der Waals surface area (Å²) in [4.78, 5) is 26.0. The second-order valence-corrected chi connectivity index (χ2v) is 4.26. The summed E-state index contributed by atoms with van der Waals surface area (Å²) < 4.78 is 7.60. The van der Waals surface area contributed by atoms with Gasteiger partial charge in [-0.05, 0) is 6.92 Å². The third kappa shape index (κ3) is 2.26. The van der Waals surface area contributed by atoms with Crippen LogP contribution in [0.2, 0.25) is 0 Å². The van der Waals surface area contributed by atoms with Gasteiger partial charge < -0.3 is 4.74 Å². The fourth-order valence-corrected chi connectivity index (χ4v) is 1.88. The maximum atomic E-state index is 11.7. The van der Waals surface area contributed by atoms with Crippen LogP contribution in [-0.4, -0.2) is 41.9 Å². The van der Waals surface area contributed by atoms with Crippen molar-refractivity contribution in [1.82, 2.24) is 24.4 Å². The Morgan fingerprint density at radius 3 is 2.82 bits per heavy atom. The van der Waals surface area contributed by atoms with Crippen LogP contribution < -0.4 is 0 Å². The molecule has 3 aromatic rings. The topological polar surface area (TPSA) is 117 Å². The monoisotopic (exact) mass is 302 g/mol. The third-order valence-electron chi connectivity index (χ3n) is 2.88. The average molecular weight is 302 g/mol. The summed E-state index contributed by atoms with van der Waals surface area (Å²) in [6.07, 6.45) is 6.75. The van der Waals surface area contributed by atoms with Crippen molar-refractivity contribution in [3.8, 4) is 5.69 Å². The van der Waals surface area contributed by atoms with Gasteiger partial charge in [-0.1, -0.05) is 0 Å². The molecule has 0 N–H and O–H groups in total. The van der Waals surface area contributed by atoms with Crippen LogP contribution in [0.5, 0.6) is 0 Å². The summed E-state index contributed by atoms with van der Waals surface area (Å²) in [6, 6.07) is 0. The molecule has 0 radical (unpaired) electrons. The van der Waals surface area contributed by atoms with Crippen LogP contribution in [0.15, 0.2) is 31.0 Å². The van der Waals surface area contributed by atoms with Crippen molar-refractivity contribution >= 4 is 17.3 Å². The number of nitrogens with zero attached hydrogens (tertiary/aromatic N) is 6. The van der Waals surface area contributed by atoms with Crippen molar-refractivity contribution in [1.29, 1.82) is 0 Å². The predicted octanol–water partition coefficient (Wildman–Crippen LogP) is 1.000. The highest BCUT2D eigenvalue weighted by Crippen LogP contribution is 2.15. The van der Waals surface area contributed by atoms with Crippen molar-refractivity contribution in [3.05, 3.63) is 46.7 Å². The second kappa shape index (κ2) is 5.24. The van der Waals surface area contributed by atoms with Gasteiger partial charge in [-0.25, -0.2) is 19.0 Å². The lowest BCUT2D eigenvalue weighted by Crippen LogP contribution is -2.05. The number of esters is 1. The Hall–Kier alpha value is -3.30. The van der Waals surface area contributed by atoms with E-state index in [1.54, 1.807) is 13.1 Å². The number of ether oxygens (including phenoxy) is 1. The lowest BCUT2D eigenvalue weighted by molar-refractivity contribution is -0.384. The van der Waals surface area contributed by atoms with Gasteiger partial charge in [0, 0.05) is 0 Å². The molecule has 0 fully saturated rings. The molecule has 0 amide bonds. The highest BCUT2D eigenvalue weighted by Gasteiger charge is 2.16. The molecule has 0 aromatic carbocycles. The number of hydrogen-bond donors (Lipinski definition) is 0. The van der Waals surface area contributed by atoms with E-state index in [1.165, 1.54) is 27.8 Å². The molecule has 0 atom stereocenters. The molecular formula is C12H10N6O4. The second-order valence-electron chi connectivity index (χ2n) is 4.26. The number of hydrogen-bond acceptors (Lipinski definition) is 7. The Morgan fingerprint density at radius 1 is 1.32 bits per heavy atom. The van der Waals surface area contributed by atoms with E-state index in [-0.39, 0.29) is 17.9 Å². The number of aromatic nitrogens is 5. The highest BCUT2D eigenvalue weighted by molar-refractivity contribution is 5.95. The minimum atomic E-state index is -0.539. The standard InChI is InChI=1S/C12H10N6O4/c1-2-22-12(19)10-5-15-17-6-8(3-13-11(10)17)16-7-9(4-14-16)18(20)21/h3-7H,2H2,1H3. The van der Waals surface area contributed by atoms with Crippen molar-refractivity contribution in [2.45, 2.75) is 6.92 Å². The van der Waals surface area contributed by atoms with E-state index in [0.717, 1.165) is 6.20 Å². The molecule has 3 rings (SSSR count). The molecule has 3 aromatic heterocycles. The van der Waals surface area contributed by atoms with Gasteiger partial charge in [-0.3, -0.25) is 10.1 Å². The molecule has 112 valence electrons. The molecule has 0 aliphatic rings. The zero-order chi connectivity index (χ0) is 15.7. The molecule has 0 unspecified atom stereocenters. The third-order valence-corrected chi connectivity index (χ3v) is 2.88.